The van der Waals surface area contributed by atoms with Gasteiger partial charge in [0.1, 0.15) is 12.0 Å². The molecule has 3 N–H and O–H groups in total. The van der Waals surface area contributed by atoms with Crippen molar-refractivity contribution in [2.45, 2.75) is 114 Å². The van der Waals surface area contributed by atoms with Gasteiger partial charge in [0.15, 0.2) is 5.12 Å². The standard InChI is InChI=1S/C46H63N3O5S/c1-10-13-18-32(12-3)27-46(29-50,40-34(17-11-2)33-19-14-15-20-37(33)48-40)36-25-35-38(26-39(36)54-9)49(7)41-44(6,52)42(55(30-53-8)31(4)51)43(5)21-16-23-47-24-22-45(35,41)28-43/h13-16,18-21,25-26,29,32,41-42,47-48,52,55H,10-12,17,22-24,27-28H2,1-9H3/b18-13+,21-16-/t32?,41?,42?,43-,44+,45?,46+/m1/s1. The molecule has 2 aromatic carbocycles. The summed E-state index contributed by atoms with van der Waals surface area (Å²) in [6.07, 6.45) is 15.6. The summed E-state index contributed by atoms with van der Waals surface area (Å²) >= 11 is 0. The van der Waals surface area contributed by atoms with Crippen LogP contribution < -0.4 is 15.0 Å². The molecular formula is C46H63N3O5S. The Hall–Kier alpha value is -3.59. The summed E-state index contributed by atoms with van der Waals surface area (Å²) in [5.74, 6) is 0.783. The third-order valence-electron chi connectivity index (χ3n) is 13.1. The zero-order valence-corrected chi connectivity index (χ0v) is 35.3. The van der Waals surface area contributed by atoms with Gasteiger partial charge in [0.05, 0.1) is 31.3 Å². The van der Waals surface area contributed by atoms with E-state index in [4.69, 9.17) is 9.47 Å². The lowest BCUT2D eigenvalue weighted by atomic mass is 9.52. The van der Waals surface area contributed by atoms with Crippen molar-refractivity contribution in [3.63, 3.8) is 0 Å². The predicted molar refractivity (Wildman–Crippen MR) is 228 cm³/mol. The SMILES string of the molecule is CC/C=C/C(CC)C[C@](C=O)(c1cc2c(cc1OC)N(C)C1C23CCNC/C=C\[C@](C)(C3)C([SH](#COC)C(C)=O)[C@@]1(C)O)c1[nH]c2ccccc2c1CCC. The zero-order chi connectivity index (χ0) is 39.8. The summed E-state index contributed by atoms with van der Waals surface area (Å²) in [5.41, 5.74) is 2.54. The van der Waals surface area contributed by atoms with Gasteiger partial charge in [-0.1, -0.05) is 76.6 Å². The fourth-order valence-electron chi connectivity index (χ4n) is 11.2. The van der Waals surface area contributed by atoms with Crippen molar-refractivity contribution in [2.24, 2.45) is 11.3 Å². The molecule has 3 aliphatic rings. The molecule has 9 heteroatoms. The number of para-hydroxylation sites is 1. The first kappa shape index (κ1) is 41.1. The Morgan fingerprint density at radius 2 is 1.96 bits per heavy atom. The van der Waals surface area contributed by atoms with Crippen LogP contribution in [0.3, 0.4) is 0 Å². The number of nitrogens with zero attached hydrogens (tertiary/aromatic N) is 1. The van der Waals surface area contributed by atoms with Crippen LogP contribution in [0.2, 0.25) is 0 Å². The van der Waals surface area contributed by atoms with E-state index in [1.165, 1.54) is 19.0 Å². The number of aliphatic hydroxyl groups is 1. The third-order valence-corrected chi connectivity index (χ3v) is 15.7. The molecule has 8 nitrogen and oxygen atoms in total. The van der Waals surface area contributed by atoms with Crippen LogP contribution in [0.15, 0.2) is 60.7 Å². The van der Waals surface area contributed by atoms with E-state index in [0.717, 1.165) is 72.1 Å². The Balaban J connectivity index is 1.69. The number of carbonyl (C=O) groups is 2. The number of benzene rings is 2. The molecule has 8 atom stereocenters. The van der Waals surface area contributed by atoms with Crippen molar-refractivity contribution < 1.29 is 24.2 Å². The lowest BCUT2D eigenvalue weighted by Crippen LogP contribution is -2.70. The number of fused-ring (bicyclic) bond motifs is 3. The molecule has 5 unspecified atom stereocenters. The molecule has 1 aliphatic carbocycles. The monoisotopic (exact) mass is 769 g/mol. The van der Waals surface area contributed by atoms with Crippen LogP contribution in [0.25, 0.3) is 10.9 Å². The average Bonchev–Trinajstić information content (AvgIpc) is 3.66. The van der Waals surface area contributed by atoms with Gasteiger partial charge < -0.3 is 34.6 Å². The first-order chi connectivity index (χ1) is 26.3. The lowest BCUT2D eigenvalue weighted by molar-refractivity contribution is -0.112. The second-order valence-electron chi connectivity index (χ2n) is 16.7. The van der Waals surface area contributed by atoms with Crippen molar-refractivity contribution in [3.8, 4) is 11.1 Å². The summed E-state index contributed by atoms with van der Waals surface area (Å²) < 4.78 is 11.8. The van der Waals surface area contributed by atoms with E-state index < -0.39 is 37.4 Å². The number of anilines is 1. The molecule has 1 fully saturated rings. The van der Waals surface area contributed by atoms with Gasteiger partial charge in [-0.2, -0.15) is 0 Å². The van der Waals surface area contributed by atoms with Gasteiger partial charge >= 0.3 is 0 Å². The normalized spacial score (nSPS) is 28.9. The maximum Gasteiger partial charge on any atom is 0.178 e. The minimum Gasteiger partial charge on any atom is -0.496 e. The number of hydrogen-bond acceptors (Lipinski definition) is 7. The van der Waals surface area contributed by atoms with Gasteiger partial charge in [-0.05, 0) is 81.2 Å². The summed E-state index contributed by atoms with van der Waals surface area (Å²) in [4.78, 5) is 33.9. The quantitative estimate of drug-likeness (QED) is 0.0886. The minimum atomic E-state index is -1.60. The van der Waals surface area contributed by atoms with Gasteiger partial charge in [0.25, 0.3) is 0 Å². The van der Waals surface area contributed by atoms with Crippen molar-refractivity contribution in [2.75, 3.05) is 39.3 Å². The number of nitrogens with one attached hydrogen (secondary N) is 2. The number of rotatable bonds is 11. The first-order valence-corrected chi connectivity index (χ1v) is 21.6. The highest BCUT2D eigenvalue weighted by Gasteiger charge is 2.67. The maximum absolute atomic E-state index is 14.4. The highest BCUT2D eigenvalue weighted by atomic mass is 32.2. The molecule has 1 aromatic heterocycles. The highest BCUT2D eigenvalue weighted by Crippen LogP contribution is 2.65. The Bertz CT molecular complexity index is 2070. The van der Waals surface area contributed by atoms with E-state index in [9.17, 15) is 14.7 Å². The van der Waals surface area contributed by atoms with Crippen LogP contribution in [0.5, 0.6) is 5.75 Å². The number of allylic oxidation sites excluding steroid dienone is 3. The first-order valence-electron chi connectivity index (χ1n) is 20.2. The number of methoxy groups -OCH3 is 2. The number of aldehydes is 1. The number of aryl methyl sites for hydroxylation is 1. The van der Waals surface area contributed by atoms with E-state index in [1.54, 1.807) is 14.0 Å². The van der Waals surface area contributed by atoms with Crippen molar-refractivity contribution in [1.82, 2.24) is 10.3 Å². The number of hydrogen-bond donors (Lipinski definition) is 4. The topological polar surface area (TPSA) is 104 Å². The smallest absolute Gasteiger partial charge is 0.178 e. The van der Waals surface area contributed by atoms with E-state index in [2.05, 4.69) is 110 Å². The van der Waals surface area contributed by atoms with Crippen molar-refractivity contribution in [1.29, 1.82) is 0 Å². The summed E-state index contributed by atoms with van der Waals surface area (Å²) in [7, 11) is 3.70. The van der Waals surface area contributed by atoms with Crippen LogP contribution in [0.1, 0.15) is 102 Å². The largest absolute Gasteiger partial charge is 0.496 e. The Kier molecular flexibility index (Phi) is 12.0. The molecule has 0 saturated heterocycles. The summed E-state index contributed by atoms with van der Waals surface area (Å²) in [5, 5.41) is 20.6. The number of H-pyrrole nitrogens is 1. The van der Waals surface area contributed by atoms with Crippen LogP contribution >= 0.6 is 10.3 Å². The Morgan fingerprint density at radius 3 is 2.62 bits per heavy atom. The van der Waals surface area contributed by atoms with Crippen LogP contribution in [0.4, 0.5) is 5.69 Å². The highest BCUT2D eigenvalue weighted by molar-refractivity contribution is 8.21. The van der Waals surface area contributed by atoms with Gasteiger partial charge in [-0.15, -0.1) is 10.3 Å². The molecule has 1 saturated carbocycles. The average molecular weight is 770 g/mol. The molecule has 3 heterocycles. The Morgan fingerprint density at radius 1 is 1.20 bits per heavy atom. The van der Waals surface area contributed by atoms with Crippen LogP contribution in [-0.2, 0) is 31.6 Å². The summed E-state index contributed by atoms with van der Waals surface area (Å²) in [6.45, 7) is 13.7. The van der Waals surface area contributed by atoms with E-state index in [0.29, 0.717) is 25.1 Å². The fraction of sp³-hybridized carbons (Fsp3) is 0.543. The fourth-order valence-corrected chi connectivity index (χ4v) is 13.4. The van der Waals surface area contributed by atoms with Gasteiger partial charge in [-0.25, -0.2) is 0 Å². The molecule has 6 rings (SSSR count). The number of ether oxygens (including phenoxy) is 2. The molecule has 1 spiro atoms. The third kappa shape index (κ3) is 6.74. The minimum absolute atomic E-state index is 0.0241. The summed E-state index contributed by atoms with van der Waals surface area (Å²) in [6, 6.07) is 12.4. The lowest BCUT2D eigenvalue weighted by Gasteiger charge is -2.60. The van der Waals surface area contributed by atoms with Crippen molar-refractivity contribution in [3.05, 3.63) is 83.1 Å². The maximum atomic E-state index is 14.4. The van der Waals surface area contributed by atoms with E-state index in [1.807, 2.05) is 13.0 Å². The zero-order valence-electron chi connectivity index (χ0n) is 34.4. The molecule has 0 radical (unpaired) electrons. The second-order valence-corrected chi connectivity index (χ2v) is 18.7. The molecule has 2 bridgehead atoms. The molecule has 0 amide bonds. The molecular weight excluding hydrogens is 707 g/mol. The predicted octanol–water partition coefficient (Wildman–Crippen LogP) is 8.24. The molecule has 55 heavy (non-hydrogen) atoms. The van der Waals surface area contributed by atoms with E-state index >= 15 is 0 Å². The molecule has 3 aromatic rings. The Labute approximate surface area is 330 Å². The van der Waals surface area contributed by atoms with Crippen molar-refractivity contribution >= 4 is 38.3 Å². The number of likely N-dealkylation sites (N-methyl/N-ethyl adjacent to an activating group) is 1. The number of aromatic nitrogens is 1. The number of thiol groups is 1. The van der Waals surface area contributed by atoms with Crippen LogP contribution in [-0.4, -0.2) is 72.7 Å². The van der Waals surface area contributed by atoms with Gasteiger partial charge in [0, 0.05) is 75.9 Å². The second kappa shape index (κ2) is 16.1. The molecule has 298 valence electrons. The number of carbonyl (C=O) groups excluding carboxylic acids is 2. The van der Waals surface area contributed by atoms with Crippen LogP contribution in [0, 0.1) is 16.7 Å². The van der Waals surface area contributed by atoms with E-state index in [-0.39, 0.29) is 17.1 Å². The van der Waals surface area contributed by atoms with Gasteiger partial charge in [0.2, 0.25) is 0 Å². The van der Waals surface area contributed by atoms with Gasteiger partial charge in [-0.3, -0.25) is 4.79 Å². The number of aromatic amines is 1. The molecule has 2 aliphatic heterocycles.